The molecule has 2 aromatic rings. The summed E-state index contributed by atoms with van der Waals surface area (Å²) < 4.78 is 5.52. The Kier molecular flexibility index (Phi) is 2.86. The lowest BCUT2D eigenvalue weighted by atomic mass is 10.2. The molecule has 3 nitrogen and oxygen atoms in total. The number of hydrogen-bond acceptors (Lipinski definition) is 3. The molecule has 0 aliphatic carbocycles. The molecule has 0 saturated carbocycles. The standard InChI is InChI=1S/C13H14N2O/c1-9(2)8-15-13-10-5-3-4-6-11(10)16-12(13)7-14/h3-9,14H,1-2H3. The molecule has 1 aromatic heterocycles. The summed E-state index contributed by atoms with van der Waals surface area (Å²) >= 11 is 0. The molecular weight excluding hydrogens is 200 g/mol. The van der Waals surface area contributed by atoms with Gasteiger partial charge >= 0.3 is 0 Å². The third-order valence-corrected chi connectivity index (χ3v) is 2.23. The number of hydrogen-bond donors (Lipinski definition) is 1. The number of nitrogens with zero attached hydrogens (tertiary/aromatic N) is 1. The van der Waals surface area contributed by atoms with Gasteiger partial charge in [0.25, 0.3) is 0 Å². The maximum absolute atomic E-state index is 7.31. The van der Waals surface area contributed by atoms with E-state index in [1.54, 1.807) is 0 Å². The summed E-state index contributed by atoms with van der Waals surface area (Å²) in [6.45, 7) is 4.13. The SMILES string of the molecule is CC(C)C=Nc1c(C=N)oc2ccccc12. The summed E-state index contributed by atoms with van der Waals surface area (Å²) in [5.41, 5.74) is 1.52. The van der Waals surface area contributed by atoms with Crippen LogP contribution in [0, 0.1) is 11.3 Å². The van der Waals surface area contributed by atoms with Gasteiger partial charge < -0.3 is 9.83 Å². The quantitative estimate of drug-likeness (QED) is 0.776. The van der Waals surface area contributed by atoms with Gasteiger partial charge in [0.1, 0.15) is 11.3 Å². The van der Waals surface area contributed by atoms with Gasteiger partial charge in [-0.1, -0.05) is 26.0 Å². The van der Waals surface area contributed by atoms with E-state index in [2.05, 4.69) is 18.8 Å². The van der Waals surface area contributed by atoms with Gasteiger partial charge in [-0.3, -0.25) is 4.99 Å². The van der Waals surface area contributed by atoms with Gasteiger partial charge in [-0.25, -0.2) is 0 Å². The average molecular weight is 214 g/mol. The van der Waals surface area contributed by atoms with Gasteiger partial charge in [0.2, 0.25) is 0 Å². The predicted octanol–water partition coefficient (Wildman–Crippen LogP) is 3.79. The van der Waals surface area contributed by atoms with E-state index in [0.717, 1.165) is 16.7 Å². The number of benzene rings is 1. The molecule has 2 rings (SSSR count). The molecule has 0 aliphatic rings. The molecule has 0 radical (unpaired) electrons. The second-order valence-corrected chi connectivity index (χ2v) is 3.98. The van der Waals surface area contributed by atoms with E-state index in [1.807, 2.05) is 30.5 Å². The van der Waals surface area contributed by atoms with Crippen LogP contribution in [0.15, 0.2) is 33.7 Å². The highest BCUT2D eigenvalue weighted by Crippen LogP contribution is 2.31. The van der Waals surface area contributed by atoms with Gasteiger partial charge in [0.05, 0.1) is 6.21 Å². The van der Waals surface area contributed by atoms with Crippen LogP contribution < -0.4 is 0 Å². The Labute approximate surface area is 94.3 Å². The lowest BCUT2D eigenvalue weighted by Crippen LogP contribution is -1.86. The van der Waals surface area contributed by atoms with Crippen molar-refractivity contribution in [3.8, 4) is 0 Å². The number of nitrogens with one attached hydrogen (secondary N) is 1. The van der Waals surface area contributed by atoms with Crippen molar-refractivity contribution in [3.63, 3.8) is 0 Å². The Balaban J connectivity index is 2.60. The van der Waals surface area contributed by atoms with E-state index >= 15 is 0 Å². The molecule has 0 bridgehead atoms. The summed E-state index contributed by atoms with van der Waals surface area (Å²) in [7, 11) is 0. The Bertz CT molecular complexity index is 538. The lowest BCUT2D eigenvalue weighted by molar-refractivity contribution is 0.608. The Morgan fingerprint density at radius 1 is 1.31 bits per heavy atom. The van der Waals surface area contributed by atoms with Gasteiger partial charge in [0.15, 0.2) is 5.76 Å². The van der Waals surface area contributed by atoms with Crippen LogP contribution >= 0.6 is 0 Å². The number of para-hydroxylation sites is 1. The van der Waals surface area contributed by atoms with Crippen LogP contribution in [0.3, 0.4) is 0 Å². The Morgan fingerprint density at radius 2 is 2.06 bits per heavy atom. The van der Waals surface area contributed by atoms with Crippen molar-refractivity contribution in [3.05, 3.63) is 30.0 Å². The molecule has 1 aromatic carbocycles. The second-order valence-electron chi connectivity index (χ2n) is 3.98. The van der Waals surface area contributed by atoms with Crippen LogP contribution in [0.5, 0.6) is 0 Å². The fourth-order valence-electron chi connectivity index (χ4n) is 1.51. The molecule has 0 unspecified atom stereocenters. The largest absolute Gasteiger partial charge is 0.453 e. The first-order chi connectivity index (χ1) is 7.72. The molecule has 1 N–H and O–H groups in total. The first kappa shape index (κ1) is 10.6. The van der Waals surface area contributed by atoms with Crippen LogP contribution in [-0.4, -0.2) is 12.4 Å². The number of aliphatic imine (C=N–C) groups is 1. The molecule has 0 fully saturated rings. The molecule has 0 atom stereocenters. The minimum absolute atomic E-state index is 0.382. The number of furan rings is 1. The minimum atomic E-state index is 0.382. The zero-order valence-electron chi connectivity index (χ0n) is 9.40. The molecule has 3 heteroatoms. The normalized spacial score (nSPS) is 11.7. The summed E-state index contributed by atoms with van der Waals surface area (Å²) in [6.07, 6.45) is 3.07. The van der Waals surface area contributed by atoms with Crippen molar-refractivity contribution in [1.29, 1.82) is 5.41 Å². The van der Waals surface area contributed by atoms with Crippen molar-refractivity contribution in [1.82, 2.24) is 0 Å². The average Bonchev–Trinajstić information content (AvgIpc) is 2.64. The molecule has 0 saturated heterocycles. The molecule has 16 heavy (non-hydrogen) atoms. The first-order valence-electron chi connectivity index (χ1n) is 5.28. The monoisotopic (exact) mass is 214 g/mol. The highest BCUT2D eigenvalue weighted by Gasteiger charge is 2.10. The van der Waals surface area contributed by atoms with Gasteiger partial charge in [-0.2, -0.15) is 0 Å². The fourth-order valence-corrected chi connectivity index (χ4v) is 1.51. The highest BCUT2D eigenvalue weighted by atomic mass is 16.3. The summed E-state index contributed by atoms with van der Waals surface area (Å²) in [6, 6.07) is 7.70. The van der Waals surface area contributed by atoms with E-state index in [9.17, 15) is 0 Å². The Morgan fingerprint density at radius 3 is 2.75 bits per heavy atom. The molecule has 82 valence electrons. The van der Waals surface area contributed by atoms with Gasteiger partial charge in [-0.15, -0.1) is 0 Å². The van der Waals surface area contributed by atoms with Crippen LogP contribution in [0.4, 0.5) is 5.69 Å². The predicted molar refractivity (Wildman–Crippen MR) is 67.1 cm³/mol. The van der Waals surface area contributed by atoms with Crippen molar-refractivity contribution < 1.29 is 4.42 Å². The van der Waals surface area contributed by atoms with Gasteiger partial charge in [-0.05, 0) is 18.1 Å². The van der Waals surface area contributed by atoms with Crippen molar-refractivity contribution in [2.45, 2.75) is 13.8 Å². The molecule has 0 spiro atoms. The molecular formula is C13H14N2O. The second kappa shape index (κ2) is 4.31. The number of rotatable bonds is 3. The highest BCUT2D eigenvalue weighted by molar-refractivity contribution is 5.99. The zero-order valence-corrected chi connectivity index (χ0v) is 9.40. The summed E-state index contributed by atoms with van der Waals surface area (Å²) in [5, 5.41) is 8.27. The first-order valence-corrected chi connectivity index (χ1v) is 5.28. The van der Waals surface area contributed by atoms with E-state index < -0.39 is 0 Å². The Hall–Kier alpha value is -1.90. The summed E-state index contributed by atoms with van der Waals surface area (Å²) in [5.74, 6) is 0.894. The van der Waals surface area contributed by atoms with Crippen molar-refractivity contribution in [2.24, 2.45) is 10.9 Å². The molecule has 0 aliphatic heterocycles. The topological polar surface area (TPSA) is 49.4 Å². The maximum atomic E-state index is 7.31. The molecule has 0 amide bonds. The lowest BCUT2D eigenvalue weighted by Gasteiger charge is -1.94. The zero-order chi connectivity index (χ0) is 11.5. The van der Waals surface area contributed by atoms with Crippen LogP contribution in [0.2, 0.25) is 0 Å². The van der Waals surface area contributed by atoms with E-state index in [0.29, 0.717) is 11.7 Å². The summed E-state index contributed by atoms with van der Waals surface area (Å²) in [4.78, 5) is 4.39. The van der Waals surface area contributed by atoms with Crippen LogP contribution in [0.1, 0.15) is 19.6 Å². The van der Waals surface area contributed by atoms with Crippen molar-refractivity contribution in [2.75, 3.05) is 0 Å². The molecule has 1 heterocycles. The van der Waals surface area contributed by atoms with E-state index in [4.69, 9.17) is 9.83 Å². The smallest absolute Gasteiger partial charge is 0.171 e. The van der Waals surface area contributed by atoms with Crippen LogP contribution in [-0.2, 0) is 0 Å². The van der Waals surface area contributed by atoms with Gasteiger partial charge in [0, 0.05) is 11.6 Å². The maximum Gasteiger partial charge on any atom is 0.171 e. The van der Waals surface area contributed by atoms with E-state index in [1.165, 1.54) is 6.21 Å². The third kappa shape index (κ3) is 1.89. The van der Waals surface area contributed by atoms with E-state index in [-0.39, 0.29) is 0 Å². The minimum Gasteiger partial charge on any atom is -0.453 e. The van der Waals surface area contributed by atoms with Crippen LogP contribution in [0.25, 0.3) is 11.0 Å². The number of fused-ring (bicyclic) bond motifs is 1. The fraction of sp³-hybridized carbons (Fsp3) is 0.231. The third-order valence-electron chi connectivity index (χ3n) is 2.23. The van der Waals surface area contributed by atoms with Crippen molar-refractivity contribution >= 4 is 29.1 Å².